The number of hydrogen-bond acceptors (Lipinski definition) is 2. The van der Waals surface area contributed by atoms with E-state index in [-0.39, 0.29) is 0 Å². The molecule has 0 aromatic heterocycles. The molecule has 0 radical (unpaired) electrons. The molecule has 0 saturated carbocycles. The Morgan fingerprint density at radius 2 is 2.00 bits per heavy atom. The molecule has 3 rings (SSSR count). The third kappa shape index (κ3) is 2.55. The minimum Gasteiger partial charge on any atom is -0.376 e. The fraction of sp³-hybridized carbons (Fsp3) is 0.375. The second kappa shape index (κ2) is 5.51. The Kier molecular flexibility index (Phi) is 3.58. The fourth-order valence-electron chi connectivity index (χ4n) is 2.61. The number of fused-ring (bicyclic) bond motifs is 1. The molecule has 0 bridgehead atoms. The molecule has 1 atom stereocenters. The number of rotatable bonds is 4. The normalized spacial score (nSPS) is 19.4. The highest BCUT2D eigenvalue weighted by molar-refractivity contribution is 5.85. The summed E-state index contributed by atoms with van der Waals surface area (Å²) in [4.78, 5) is 0. The first-order valence-electron chi connectivity index (χ1n) is 6.68. The van der Waals surface area contributed by atoms with Crippen LogP contribution in [-0.2, 0) is 11.3 Å². The van der Waals surface area contributed by atoms with Crippen LogP contribution in [-0.4, -0.2) is 19.7 Å². The lowest BCUT2D eigenvalue weighted by Gasteiger charge is -2.11. The van der Waals surface area contributed by atoms with Crippen molar-refractivity contribution in [1.29, 1.82) is 0 Å². The fourth-order valence-corrected chi connectivity index (χ4v) is 2.61. The Hall–Kier alpha value is -1.38. The smallest absolute Gasteiger partial charge is 0.0723 e. The van der Waals surface area contributed by atoms with Gasteiger partial charge in [-0.2, -0.15) is 0 Å². The van der Waals surface area contributed by atoms with Gasteiger partial charge in [0.15, 0.2) is 0 Å². The van der Waals surface area contributed by atoms with Crippen LogP contribution < -0.4 is 5.32 Å². The van der Waals surface area contributed by atoms with Gasteiger partial charge in [-0.15, -0.1) is 0 Å². The predicted molar refractivity (Wildman–Crippen MR) is 74.6 cm³/mol. The Balaban J connectivity index is 1.66. The van der Waals surface area contributed by atoms with E-state index in [1.54, 1.807) is 0 Å². The van der Waals surface area contributed by atoms with E-state index in [9.17, 15) is 0 Å². The van der Waals surface area contributed by atoms with E-state index in [4.69, 9.17) is 4.74 Å². The van der Waals surface area contributed by atoms with Crippen molar-refractivity contribution in [3.8, 4) is 0 Å². The summed E-state index contributed by atoms with van der Waals surface area (Å²) < 4.78 is 5.87. The van der Waals surface area contributed by atoms with E-state index in [0.29, 0.717) is 5.92 Å². The number of ether oxygens (including phenoxy) is 1. The molecule has 1 aliphatic heterocycles. The van der Waals surface area contributed by atoms with E-state index < -0.39 is 0 Å². The molecular weight excluding hydrogens is 222 g/mol. The van der Waals surface area contributed by atoms with Crippen LogP contribution in [0.25, 0.3) is 10.8 Å². The molecule has 1 heterocycles. The summed E-state index contributed by atoms with van der Waals surface area (Å²) in [6, 6.07) is 14.9. The first-order chi connectivity index (χ1) is 8.93. The van der Waals surface area contributed by atoms with Gasteiger partial charge in [-0.05, 0) is 35.2 Å². The monoisotopic (exact) mass is 241 g/mol. The number of benzene rings is 2. The maximum Gasteiger partial charge on any atom is 0.0723 e. The standard InChI is InChI=1S/C16H19NO/c1-2-7-16-14(4-1)5-3-6-15(16)12-18-11-13-8-9-17-10-13/h1-7,13,17H,8-12H2. The minimum absolute atomic E-state index is 0.694. The molecule has 0 aliphatic carbocycles. The summed E-state index contributed by atoms with van der Waals surface area (Å²) in [6.07, 6.45) is 1.25. The highest BCUT2D eigenvalue weighted by Crippen LogP contribution is 2.19. The summed E-state index contributed by atoms with van der Waals surface area (Å²) in [6.45, 7) is 3.84. The molecule has 94 valence electrons. The molecule has 0 spiro atoms. The molecule has 1 saturated heterocycles. The van der Waals surface area contributed by atoms with Crippen molar-refractivity contribution >= 4 is 10.8 Å². The van der Waals surface area contributed by atoms with Crippen LogP contribution in [0.15, 0.2) is 42.5 Å². The van der Waals surface area contributed by atoms with Crippen molar-refractivity contribution in [3.63, 3.8) is 0 Å². The third-order valence-electron chi connectivity index (χ3n) is 3.65. The molecule has 2 aromatic carbocycles. The van der Waals surface area contributed by atoms with Gasteiger partial charge in [0.05, 0.1) is 13.2 Å². The second-order valence-electron chi connectivity index (χ2n) is 5.01. The predicted octanol–water partition coefficient (Wildman–Crippen LogP) is 2.97. The highest BCUT2D eigenvalue weighted by Gasteiger charge is 2.14. The van der Waals surface area contributed by atoms with Crippen LogP contribution in [0.5, 0.6) is 0 Å². The average Bonchev–Trinajstić information content (AvgIpc) is 2.92. The first-order valence-corrected chi connectivity index (χ1v) is 6.68. The van der Waals surface area contributed by atoms with Crippen molar-refractivity contribution < 1.29 is 4.74 Å². The van der Waals surface area contributed by atoms with Crippen molar-refractivity contribution in [1.82, 2.24) is 5.32 Å². The zero-order chi connectivity index (χ0) is 12.2. The summed E-state index contributed by atoms with van der Waals surface area (Å²) in [5.41, 5.74) is 1.29. The van der Waals surface area contributed by atoms with Gasteiger partial charge in [0.25, 0.3) is 0 Å². The van der Waals surface area contributed by atoms with Crippen LogP contribution in [0.4, 0.5) is 0 Å². The van der Waals surface area contributed by atoms with Crippen molar-refractivity contribution in [2.24, 2.45) is 5.92 Å². The topological polar surface area (TPSA) is 21.3 Å². The molecular formula is C16H19NO. The van der Waals surface area contributed by atoms with E-state index >= 15 is 0 Å². The van der Waals surface area contributed by atoms with Crippen LogP contribution >= 0.6 is 0 Å². The van der Waals surface area contributed by atoms with Gasteiger partial charge < -0.3 is 10.1 Å². The summed E-state index contributed by atoms with van der Waals surface area (Å²) in [5.74, 6) is 0.694. The van der Waals surface area contributed by atoms with E-state index in [2.05, 4.69) is 47.8 Å². The van der Waals surface area contributed by atoms with E-state index in [1.807, 2.05) is 0 Å². The molecule has 1 N–H and O–H groups in total. The van der Waals surface area contributed by atoms with Crippen LogP contribution in [0.3, 0.4) is 0 Å². The summed E-state index contributed by atoms with van der Waals surface area (Å²) in [7, 11) is 0. The molecule has 2 heteroatoms. The first kappa shape index (κ1) is 11.7. The zero-order valence-corrected chi connectivity index (χ0v) is 10.6. The maximum absolute atomic E-state index is 5.87. The van der Waals surface area contributed by atoms with Crippen molar-refractivity contribution in [3.05, 3.63) is 48.0 Å². The van der Waals surface area contributed by atoms with E-state index in [0.717, 1.165) is 26.3 Å². The quantitative estimate of drug-likeness (QED) is 0.888. The molecule has 2 aromatic rings. The Morgan fingerprint density at radius 3 is 2.89 bits per heavy atom. The third-order valence-corrected chi connectivity index (χ3v) is 3.65. The van der Waals surface area contributed by atoms with Crippen LogP contribution in [0.2, 0.25) is 0 Å². The molecule has 1 unspecified atom stereocenters. The second-order valence-corrected chi connectivity index (χ2v) is 5.01. The molecule has 1 aliphatic rings. The van der Waals surface area contributed by atoms with Gasteiger partial charge in [-0.1, -0.05) is 42.5 Å². The Bertz CT molecular complexity index is 512. The minimum atomic E-state index is 0.694. The van der Waals surface area contributed by atoms with Crippen LogP contribution in [0, 0.1) is 5.92 Å². The number of hydrogen-bond donors (Lipinski definition) is 1. The molecule has 0 amide bonds. The van der Waals surface area contributed by atoms with Gasteiger partial charge in [0, 0.05) is 6.54 Å². The Morgan fingerprint density at radius 1 is 1.11 bits per heavy atom. The number of nitrogens with one attached hydrogen (secondary N) is 1. The summed E-state index contributed by atoms with van der Waals surface area (Å²) in [5, 5.41) is 5.97. The lowest BCUT2D eigenvalue weighted by molar-refractivity contribution is 0.0932. The lowest BCUT2D eigenvalue weighted by Crippen LogP contribution is -2.13. The van der Waals surface area contributed by atoms with Gasteiger partial charge in [-0.25, -0.2) is 0 Å². The maximum atomic E-state index is 5.87. The lowest BCUT2D eigenvalue weighted by atomic mass is 10.1. The average molecular weight is 241 g/mol. The highest BCUT2D eigenvalue weighted by atomic mass is 16.5. The van der Waals surface area contributed by atoms with Crippen molar-refractivity contribution in [2.75, 3.05) is 19.7 Å². The van der Waals surface area contributed by atoms with Gasteiger partial charge in [0.1, 0.15) is 0 Å². The van der Waals surface area contributed by atoms with Crippen molar-refractivity contribution in [2.45, 2.75) is 13.0 Å². The molecule has 1 fully saturated rings. The van der Waals surface area contributed by atoms with Crippen LogP contribution in [0.1, 0.15) is 12.0 Å². The Labute approximate surface area is 108 Å². The SMILES string of the molecule is c1ccc2c(COCC3CCNC3)cccc2c1. The van der Waals surface area contributed by atoms with Gasteiger partial charge in [-0.3, -0.25) is 0 Å². The zero-order valence-electron chi connectivity index (χ0n) is 10.6. The molecule has 2 nitrogen and oxygen atoms in total. The largest absolute Gasteiger partial charge is 0.376 e. The van der Waals surface area contributed by atoms with Gasteiger partial charge >= 0.3 is 0 Å². The van der Waals surface area contributed by atoms with Gasteiger partial charge in [0.2, 0.25) is 0 Å². The summed E-state index contributed by atoms with van der Waals surface area (Å²) >= 11 is 0. The molecule has 18 heavy (non-hydrogen) atoms. The van der Waals surface area contributed by atoms with E-state index in [1.165, 1.54) is 22.8 Å².